The third-order valence-corrected chi connectivity index (χ3v) is 4.76. The molecule has 10 heteroatoms. The van der Waals surface area contributed by atoms with Gasteiger partial charge in [0.25, 0.3) is 17.5 Å². The molecular weight excluding hydrogens is 430 g/mol. The van der Waals surface area contributed by atoms with Gasteiger partial charge in [-0.15, -0.1) is 0 Å². The van der Waals surface area contributed by atoms with Crippen LogP contribution in [0.25, 0.3) is 17.4 Å². The molecule has 0 unspecified atom stereocenters. The van der Waals surface area contributed by atoms with Gasteiger partial charge in [0.1, 0.15) is 22.8 Å². The SMILES string of the molecule is CCOc1ccc(N2C(=O)NC(=O)/C(=C\c3ccc(-c4cccc([N+](=O)[O-])c4)o3)C2=O)cc1. The lowest BCUT2D eigenvalue weighted by Crippen LogP contribution is -2.54. The first kappa shape index (κ1) is 21.5. The van der Waals surface area contributed by atoms with Crippen molar-refractivity contribution in [3.63, 3.8) is 0 Å². The van der Waals surface area contributed by atoms with Gasteiger partial charge < -0.3 is 9.15 Å². The van der Waals surface area contributed by atoms with Crippen LogP contribution >= 0.6 is 0 Å². The smallest absolute Gasteiger partial charge is 0.335 e. The van der Waals surface area contributed by atoms with Crippen LogP contribution in [0.2, 0.25) is 0 Å². The van der Waals surface area contributed by atoms with Gasteiger partial charge >= 0.3 is 6.03 Å². The normalized spacial score (nSPS) is 15.0. The van der Waals surface area contributed by atoms with Crippen molar-refractivity contribution in [1.82, 2.24) is 5.32 Å². The number of hydrogen-bond acceptors (Lipinski definition) is 7. The molecule has 0 saturated carbocycles. The van der Waals surface area contributed by atoms with Gasteiger partial charge in [-0.25, -0.2) is 9.69 Å². The van der Waals surface area contributed by atoms with E-state index in [2.05, 4.69) is 5.32 Å². The minimum atomic E-state index is -0.872. The summed E-state index contributed by atoms with van der Waals surface area (Å²) in [5.41, 5.74) is 0.314. The Morgan fingerprint density at radius 3 is 2.55 bits per heavy atom. The van der Waals surface area contributed by atoms with Crippen molar-refractivity contribution in [3.05, 3.63) is 82.1 Å². The van der Waals surface area contributed by atoms with E-state index in [1.165, 1.54) is 42.5 Å². The molecule has 1 aromatic heterocycles. The number of anilines is 1. The molecule has 1 fully saturated rings. The lowest BCUT2D eigenvalue weighted by atomic mass is 10.1. The van der Waals surface area contributed by atoms with E-state index in [1.54, 1.807) is 24.3 Å². The fourth-order valence-electron chi connectivity index (χ4n) is 3.25. The van der Waals surface area contributed by atoms with Crippen molar-refractivity contribution in [2.75, 3.05) is 11.5 Å². The van der Waals surface area contributed by atoms with Crippen molar-refractivity contribution in [3.8, 4) is 17.1 Å². The average Bonchev–Trinajstić information content (AvgIpc) is 3.27. The fraction of sp³-hybridized carbons (Fsp3) is 0.0870. The molecule has 1 aliphatic rings. The van der Waals surface area contributed by atoms with E-state index >= 15 is 0 Å². The number of urea groups is 1. The number of rotatable bonds is 6. The first-order chi connectivity index (χ1) is 15.9. The quantitative estimate of drug-likeness (QED) is 0.262. The van der Waals surface area contributed by atoms with E-state index in [0.717, 1.165) is 4.90 Å². The largest absolute Gasteiger partial charge is 0.494 e. The number of nitro benzene ring substituents is 1. The highest BCUT2D eigenvalue weighted by molar-refractivity contribution is 6.39. The van der Waals surface area contributed by atoms with Crippen LogP contribution in [0.5, 0.6) is 5.75 Å². The van der Waals surface area contributed by atoms with E-state index in [0.29, 0.717) is 23.7 Å². The molecule has 0 bridgehead atoms. The molecule has 33 heavy (non-hydrogen) atoms. The summed E-state index contributed by atoms with van der Waals surface area (Å²) in [5.74, 6) is -0.631. The Morgan fingerprint density at radius 2 is 1.85 bits per heavy atom. The molecule has 1 saturated heterocycles. The molecule has 4 rings (SSSR count). The summed E-state index contributed by atoms with van der Waals surface area (Å²) in [4.78, 5) is 49.0. The van der Waals surface area contributed by atoms with Gasteiger partial charge in [-0.05, 0) is 49.4 Å². The second kappa shape index (κ2) is 8.79. The van der Waals surface area contributed by atoms with Crippen molar-refractivity contribution in [2.45, 2.75) is 6.92 Å². The number of nitro groups is 1. The minimum Gasteiger partial charge on any atom is -0.494 e. The van der Waals surface area contributed by atoms with Crippen LogP contribution in [0, 0.1) is 10.1 Å². The van der Waals surface area contributed by atoms with Gasteiger partial charge in [0.15, 0.2) is 0 Å². The van der Waals surface area contributed by atoms with Crippen LogP contribution in [-0.2, 0) is 9.59 Å². The Hall–Kier alpha value is -4.73. The highest BCUT2D eigenvalue weighted by Gasteiger charge is 2.37. The molecule has 0 atom stereocenters. The number of nitrogens with one attached hydrogen (secondary N) is 1. The Morgan fingerprint density at radius 1 is 1.09 bits per heavy atom. The van der Waals surface area contributed by atoms with Crippen molar-refractivity contribution >= 4 is 35.3 Å². The number of carbonyl (C=O) groups is 3. The first-order valence-electron chi connectivity index (χ1n) is 9.86. The highest BCUT2D eigenvalue weighted by atomic mass is 16.6. The zero-order chi connectivity index (χ0) is 23.5. The predicted molar refractivity (Wildman–Crippen MR) is 117 cm³/mol. The Bertz CT molecular complexity index is 1290. The molecule has 166 valence electrons. The molecule has 0 radical (unpaired) electrons. The van der Waals surface area contributed by atoms with Crippen molar-refractivity contribution in [1.29, 1.82) is 0 Å². The number of hydrogen-bond donors (Lipinski definition) is 1. The molecule has 1 N–H and O–H groups in total. The topological polar surface area (TPSA) is 132 Å². The standard InChI is InChI=1S/C23H17N3O7/c1-2-32-17-8-6-15(7-9-17)25-22(28)19(21(27)24-23(25)29)13-18-10-11-20(33-18)14-4-3-5-16(12-14)26(30)31/h3-13H,2H2,1H3,(H,24,27,29)/b19-13+. The van der Waals surface area contributed by atoms with Gasteiger partial charge in [-0.3, -0.25) is 25.0 Å². The van der Waals surface area contributed by atoms with Crippen LogP contribution in [0.4, 0.5) is 16.2 Å². The van der Waals surface area contributed by atoms with E-state index < -0.39 is 22.8 Å². The highest BCUT2D eigenvalue weighted by Crippen LogP contribution is 2.28. The first-order valence-corrected chi connectivity index (χ1v) is 9.86. The number of amides is 4. The molecule has 1 aliphatic heterocycles. The van der Waals surface area contributed by atoms with Crippen molar-refractivity contribution in [2.24, 2.45) is 0 Å². The number of ether oxygens (including phenoxy) is 1. The predicted octanol–water partition coefficient (Wildman–Crippen LogP) is 3.92. The zero-order valence-electron chi connectivity index (χ0n) is 17.3. The summed E-state index contributed by atoms with van der Waals surface area (Å²) in [6.07, 6.45) is 1.21. The summed E-state index contributed by atoms with van der Waals surface area (Å²) in [5, 5.41) is 13.1. The zero-order valence-corrected chi connectivity index (χ0v) is 17.3. The molecule has 2 heterocycles. The Kier molecular flexibility index (Phi) is 5.73. The monoisotopic (exact) mass is 447 g/mol. The van der Waals surface area contributed by atoms with Crippen LogP contribution < -0.4 is 15.0 Å². The molecule has 0 aliphatic carbocycles. The number of non-ortho nitro benzene ring substituents is 1. The number of benzene rings is 2. The van der Waals surface area contributed by atoms with Crippen LogP contribution in [0.3, 0.4) is 0 Å². The lowest BCUT2D eigenvalue weighted by Gasteiger charge is -2.26. The number of nitrogens with zero attached hydrogens (tertiary/aromatic N) is 2. The Labute approximate surface area is 187 Å². The molecule has 2 aromatic carbocycles. The second-order valence-electron chi connectivity index (χ2n) is 6.89. The number of barbiturate groups is 1. The number of carbonyl (C=O) groups excluding carboxylic acids is 3. The van der Waals surface area contributed by atoms with E-state index in [4.69, 9.17) is 9.15 Å². The van der Waals surface area contributed by atoms with Crippen LogP contribution in [0.1, 0.15) is 12.7 Å². The third-order valence-electron chi connectivity index (χ3n) is 4.76. The summed E-state index contributed by atoms with van der Waals surface area (Å²) >= 11 is 0. The van der Waals surface area contributed by atoms with Gasteiger partial charge in [0, 0.05) is 17.7 Å². The molecule has 4 amide bonds. The summed E-state index contributed by atoms with van der Waals surface area (Å²) in [7, 11) is 0. The van der Waals surface area contributed by atoms with E-state index in [9.17, 15) is 24.5 Å². The second-order valence-corrected chi connectivity index (χ2v) is 6.89. The van der Waals surface area contributed by atoms with Gasteiger partial charge in [-0.1, -0.05) is 12.1 Å². The lowest BCUT2D eigenvalue weighted by molar-refractivity contribution is -0.384. The maximum Gasteiger partial charge on any atom is 0.335 e. The Balaban J connectivity index is 1.63. The molecule has 0 spiro atoms. The average molecular weight is 447 g/mol. The minimum absolute atomic E-state index is 0.102. The van der Waals surface area contributed by atoms with Gasteiger partial charge in [-0.2, -0.15) is 0 Å². The van der Waals surface area contributed by atoms with E-state index in [-0.39, 0.29) is 22.7 Å². The third kappa shape index (κ3) is 4.35. The van der Waals surface area contributed by atoms with Crippen LogP contribution in [0.15, 0.2) is 70.7 Å². The number of furan rings is 1. The summed E-state index contributed by atoms with van der Waals surface area (Å²) in [6.45, 7) is 2.29. The van der Waals surface area contributed by atoms with Crippen molar-refractivity contribution < 1.29 is 28.5 Å². The molecule has 10 nitrogen and oxygen atoms in total. The molecule has 3 aromatic rings. The summed E-state index contributed by atoms with van der Waals surface area (Å²) in [6, 6.07) is 14.3. The van der Waals surface area contributed by atoms with Gasteiger partial charge in [0.2, 0.25) is 0 Å². The maximum atomic E-state index is 13.0. The molecular formula is C23H17N3O7. The maximum absolute atomic E-state index is 13.0. The summed E-state index contributed by atoms with van der Waals surface area (Å²) < 4.78 is 11.0. The van der Waals surface area contributed by atoms with Crippen LogP contribution in [-0.4, -0.2) is 29.4 Å². The van der Waals surface area contributed by atoms with E-state index in [1.807, 2.05) is 6.92 Å². The number of imide groups is 2. The fourth-order valence-corrected chi connectivity index (χ4v) is 3.25. The van der Waals surface area contributed by atoms with Gasteiger partial charge in [0.05, 0.1) is 17.2 Å².